The third kappa shape index (κ3) is 52.9. The molecule has 0 aromatic carbocycles. The average molecular weight is 953 g/mol. The number of amides is 1. The predicted octanol–water partition coefficient (Wildman–Crippen LogP) is 18.4. The van der Waals surface area contributed by atoms with Gasteiger partial charge in [0.2, 0.25) is 5.91 Å². The summed E-state index contributed by atoms with van der Waals surface area (Å²) in [5.41, 5.74) is 0. The van der Waals surface area contributed by atoms with E-state index in [1.807, 2.05) is 6.08 Å². The molecule has 0 aliphatic rings. The summed E-state index contributed by atoms with van der Waals surface area (Å²) in [6.45, 7) is 4.83. The second-order valence-electron chi connectivity index (χ2n) is 20.0. The van der Waals surface area contributed by atoms with Crippen LogP contribution in [0.4, 0.5) is 0 Å². The number of esters is 1. The second-order valence-corrected chi connectivity index (χ2v) is 20.0. The number of carbonyl (C=O) groups is 2. The van der Waals surface area contributed by atoms with Crippen molar-refractivity contribution in [3.05, 3.63) is 60.8 Å². The van der Waals surface area contributed by atoms with Crippen LogP contribution >= 0.6 is 0 Å². The van der Waals surface area contributed by atoms with Crippen LogP contribution in [0.2, 0.25) is 0 Å². The van der Waals surface area contributed by atoms with Gasteiger partial charge in [-0.15, -0.1) is 0 Å². The van der Waals surface area contributed by atoms with Crippen molar-refractivity contribution in [3.8, 4) is 0 Å². The zero-order valence-electron chi connectivity index (χ0n) is 45.1. The number of nitrogens with one attached hydrogen (secondary N) is 1. The van der Waals surface area contributed by atoms with Crippen molar-refractivity contribution in [2.24, 2.45) is 0 Å². The number of aliphatic hydroxyl groups is 2. The Morgan fingerprint density at radius 1 is 0.426 bits per heavy atom. The van der Waals surface area contributed by atoms with E-state index >= 15 is 0 Å². The molecule has 2 atom stereocenters. The summed E-state index contributed by atoms with van der Waals surface area (Å²) in [5.74, 6) is -0.121. The highest BCUT2D eigenvalue weighted by atomic mass is 16.5. The lowest BCUT2D eigenvalue weighted by atomic mass is 10.0. The molecule has 0 aliphatic heterocycles. The van der Waals surface area contributed by atoms with Crippen molar-refractivity contribution >= 4 is 11.9 Å². The maximum absolute atomic E-state index is 12.5. The van der Waals surface area contributed by atoms with E-state index in [1.165, 1.54) is 186 Å². The predicted molar refractivity (Wildman–Crippen MR) is 296 cm³/mol. The molecular formula is C62H113NO5. The van der Waals surface area contributed by atoms with E-state index in [2.05, 4.69) is 67.8 Å². The van der Waals surface area contributed by atoms with Crippen molar-refractivity contribution in [2.45, 2.75) is 309 Å². The van der Waals surface area contributed by atoms with E-state index in [4.69, 9.17) is 4.74 Å². The number of hydrogen-bond acceptors (Lipinski definition) is 5. The van der Waals surface area contributed by atoms with Crippen LogP contribution in [0.1, 0.15) is 296 Å². The molecule has 0 aromatic rings. The van der Waals surface area contributed by atoms with E-state index in [0.717, 1.165) is 83.5 Å². The summed E-state index contributed by atoms with van der Waals surface area (Å²) in [5, 5.41) is 23.1. The number of unbranched alkanes of at least 4 members (excludes halogenated alkanes) is 36. The molecule has 0 saturated heterocycles. The molecule has 0 fully saturated rings. The Balaban J connectivity index is 3.55. The molecule has 0 spiro atoms. The van der Waals surface area contributed by atoms with Crippen LogP contribution in [0, 0.1) is 0 Å². The molecule has 0 aromatic heterocycles. The molecule has 3 N–H and O–H groups in total. The maximum atomic E-state index is 12.5. The lowest BCUT2D eigenvalue weighted by molar-refractivity contribution is -0.143. The van der Waals surface area contributed by atoms with Crippen molar-refractivity contribution in [1.82, 2.24) is 5.32 Å². The molecule has 0 saturated carbocycles. The fraction of sp³-hybridized carbons (Fsp3) is 0.806. The lowest BCUT2D eigenvalue weighted by Crippen LogP contribution is -2.45. The van der Waals surface area contributed by atoms with Gasteiger partial charge >= 0.3 is 5.97 Å². The van der Waals surface area contributed by atoms with E-state index in [1.54, 1.807) is 6.08 Å². The molecular weight excluding hydrogens is 839 g/mol. The van der Waals surface area contributed by atoms with Gasteiger partial charge in [-0.05, 0) is 96.3 Å². The van der Waals surface area contributed by atoms with Crippen LogP contribution in [-0.4, -0.2) is 47.4 Å². The molecule has 68 heavy (non-hydrogen) atoms. The first-order valence-corrected chi connectivity index (χ1v) is 29.6. The third-order valence-electron chi connectivity index (χ3n) is 13.3. The number of ether oxygens (including phenoxy) is 1. The minimum Gasteiger partial charge on any atom is -0.466 e. The third-order valence-corrected chi connectivity index (χ3v) is 13.3. The van der Waals surface area contributed by atoms with E-state index in [0.29, 0.717) is 19.4 Å². The first-order valence-electron chi connectivity index (χ1n) is 29.6. The van der Waals surface area contributed by atoms with Gasteiger partial charge in [0.15, 0.2) is 0 Å². The van der Waals surface area contributed by atoms with Crippen LogP contribution in [0.25, 0.3) is 0 Å². The molecule has 1 amide bonds. The summed E-state index contributed by atoms with van der Waals surface area (Å²) >= 11 is 0. The summed E-state index contributed by atoms with van der Waals surface area (Å²) in [6.07, 6.45) is 73.8. The van der Waals surface area contributed by atoms with Crippen molar-refractivity contribution < 1.29 is 24.5 Å². The summed E-state index contributed by atoms with van der Waals surface area (Å²) in [6, 6.07) is -0.647. The minimum atomic E-state index is -0.861. The summed E-state index contributed by atoms with van der Waals surface area (Å²) in [4.78, 5) is 24.5. The normalized spacial score (nSPS) is 13.1. The van der Waals surface area contributed by atoms with Crippen LogP contribution in [0.15, 0.2) is 60.8 Å². The zero-order chi connectivity index (χ0) is 49.3. The summed E-state index contributed by atoms with van der Waals surface area (Å²) < 4.78 is 5.45. The van der Waals surface area contributed by atoms with Gasteiger partial charge < -0.3 is 20.3 Å². The Labute approximate surface area is 422 Å². The maximum Gasteiger partial charge on any atom is 0.305 e. The molecule has 2 unspecified atom stereocenters. The van der Waals surface area contributed by atoms with Gasteiger partial charge in [0.05, 0.1) is 25.4 Å². The van der Waals surface area contributed by atoms with Crippen LogP contribution in [0.5, 0.6) is 0 Å². The van der Waals surface area contributed by atoms with E-state index < -0.39 is 12.1 Å². The molecule has 0 rings (SSSR count). The Morgan fingerprint density at radius 2 is 0.779 bits per heavy atom. The van der Waals surface area contributed by atoms with Crippen molar-refractivity contribution in [3.63, 3.8) is 0 Å². The Kier molecular flexibility index (Phi) is 55.1. The van der Waals surface area contributed by atoms with Crippen molar-refractivity contribution in [1.29, 1.82) is 0 Å². The van der Waals surface area contributed by atoms with Gasteiger partial charge in [0, 0.05) is 12.8 Å². The Hall–Kier alpha value is -2.44. The Bertz CT molecular complexity index is 1190. The van der Waals surface area contributed by atoms with E-state index in [-0.39, 0.29) is 18.5 Å². The van der Waals surface area contributed by atoms with E-state index in [9.17, 15) is 19.8 Å². The van der Waals surface area contributed by atoms with Gasteiger partial charge in [-0.25, -0.2) is 0 Å². The number of aliphatic hydroxyl groups excluding tert-OH is 2. The molecule has 0 bridgehead atoms. The molecule has 0 radical (unpaired) electrons. The van der Waals surface area contributed by atoms with Crippen LogP contribution in [-0.2, 0) is 14.3 Å². The number of allylic oxidation sites excluding steroid dienone is 9. The lowest BCUT2D eigenvalue weighted by Gasteiger charge is -2.20. The van der Waals surface area contributed by atoms with Gasteiger partial charge in [-0.2, -0.15) is 0 Å². The highest BCUT2D eigenvalue weighted by Gasteiger charge is 2.18. The first-order chi connectivity index (χ1) is 33.5. The fourth-order valence-corrected chi connectivity index (χ4v) is 8.71. The highest BCUT2D eigenvalue weighted by molar-refractivity contribution is 5.76. The largest absolute Gasteiger partial charge is 0.466 e. The Morgan fingerprint density at radius 3 is 1.22 bits per heavy atom. The molecule has 6 heteroatoms. The molecule has 0 heterocycles. The molecule has 6 nitrogen and oxygen atoms in total. The van der Waals surface area contributed by atoms with Gasteiger partial charge in [-0.3, -0.25) is 9.59 Å². The van der Waals surface area contributed by atoms with Crippen LogP contribution < -0.4 is 5.32 Å². The molecule has 396 valence electrons. The zero-order valence-corrected chi connectivity index (χ0v) is 45.1. The van der Waals surface area contributed by atoms with Gasteiger partial charge in [-0.1, -0.05) is 248 Å². The minimum absolute atomic E-state index is 0.0307. The number of rotatable bonds is 54. The van der Waals surface area contributed by atoms with Crippen LogP contribution in [0.3, 0.4) is 0 Å². The summed E-state index contributed by atoms with van der Waals surface area (Å²) in [7, 11) is 0. The van der Waals surface area contributed by atoms with Gasteiger partial charge in [0.1, 0.15) is 0 Å². The molecule has 0 aliphatic carbocycles. The fourth-order valence-electron chi connectivity index (χ4n) is 8.71. The number of hydrogen-bond donors (Lipinski definition) is 3. The topological polar surface area (TPSA) is 95.9 Å². The second kappa shape index (κ2) is 57.1. The smallest absolute Gasteiger partial charge is 0.305 e. The highest BCUT2D eigenvalue weighted by Crippen LogP contribution is 2.16. The van der Waals surface area contributed by atoms with Gasteiger partial charge in [0.25, 0.3) is 0 Å². The monoisotopic (exact) mass is 952 g/mol. The SMILES string of the molecule is CCCCCC/C=C\C/C=C\CCCCCCCCCC(=O)OCCCCC/C=C\C=C/CCCCCCCCC(=O)NC(CO)C(O)/C=C/CCCCCCCCCCCCCCCCCC. The number of carbonyl (C=O) groups excluding carboxylic acids is 2. The standard InChI is InChI=1S/C62H113NO5/c1-3-5-7-9-11-13-15-17-19-21-23-26-30-34-38-42-46-50-54-60(65)59(58-64)63-61(66)55-51-47-43-39-35-31-27-25-29-33-37-41-45-49-53-57-68-62(67)56-52-48-44-40-36-32-28-24-22-20-18-16-14-12-10-8-6-4-2/h14,16,20,22,25,29,33,37,50,54,59-60,64-65H,3-13,15,17-19,21,23-24,26-28,30-32,34-36,38-49,51-53,55-58H2,1-2H3,(H,63,66)/b16-14-,22-20-,29-25-,37-33-,54-50+. The first kappa shape index (κ1) is 65.6. The average Bonchev–Trinajstić information content (AvgIpc) is 3.34. The van der Waals surface area contributed by atoms with Crippen molar-refractivity contribution in [2.75, 3.05) is 13.2 Å². The quantitative estimate of drug-likeness (QED) is 0.0244.